The molecule has 9 nitrogen and oxygen atoms in total. The maximum atomic E-state index is 12.9. The van der Waals surface area contributed by atoms with Gasteiger partial charge in [0.2, 0.25) is 5.91 Å². The fourth-order valence-corrected chi connectivity index (χ4v) is 4.58. The zero-order valence-corrected chi connectivity index (χ0v) is 19.9. The summed E-state index contributed by atoms with van der Waals surface area (Å²) in [4.78, 5) is 12.9. The number of carbonyl (C=O) groups is 1. The summed E-state index contributed by atoms with van der Waals surface area (Å²) < 4.78 is 14.7. The number of amides is 1. The molecule has 1 saturated carbocycles. The Bertz CT molecular complexity index is 1150. The summed E-state index contributed by atoms with van der Waals surface area (Å²) in [7, 11) is 1.66. The number of anilines is 1. The number of furan rings is 1. The van der Waals surface area contributed by atoms with Crippen LogP contribution in [0, 0.1) is 25.2 Å². The molecule has 1 amide bonds. The molecule has 0 aliphatic heterocycles. The number of methoxy groups -OCH3 is 1. The van der Waals surface area contributed by atoms with Crippen molar-refractivity contribution in [3.63, 3.8) is 0 Å². The first kappa shape index (κ1) is 23.1. The minimum Gasteiger partial charge on any atom is -0.467 e. The standard InChI is InChI=1S/C23H28N6O3S/c1-15-16(2)28(9-5-10-31-3)22(19(15)12-24)25-20(30)14-33-23-27-26-21(17-7-8-17)29(23)13-18-6-4-11-32-18/h4,6,11,17H,5,7-10,13-14H2,1-3H3,(H,25,30). The fraction of sp³-hybridized carbons (Fsp3) is 0.478. The summed E-state index contributed by atoms with van der Waals surface area (Å²) >= 11 is 1.34. The molecule has 0 aromatic carbocycles. The Morgan fingerprint density at radius 2 is 2.18 bits per heavy atom. The molecule has 1 N–H and O–H groups in total. The zero-order chi connectivity index (χ0) is 23.4. The molecule has 3 aromatic heterocycles. The summed E-state index contributed by atoms with van der Waals surface area (Å²) in [6.07, 6.45) is 4.65. The molecule has 10 heteroatoms. The zero-order valence-electron chi connectivity index (χ0n) is 19.1. The van der Waals surface area contributed by atoms with E-state index in [0.29, 0.717) is 42.2 Å². The Morgan fingerprint density at radius 1 is 1.36 bits per heavy atom. The third-order valence-electron chi connectivity index (χ3n) is 5.84. The average molecular weight is 469 g/mol. The van der Waals surface area contributed by atoms with Crippen LogP contribution in [0.1, 0.15) is 53.6 Å². The van der Waals surface area contributed by atoms with E-state index in [1.54, 1.807) is 13.4 Å². The van der Waals surface area contributed by atoms with Gasteiger partial charge in [-0.15, -0.1) is 10.2 Å². The second-order valence-corrected chi connectivity index (χ2v) is 9.10. The molecular formula is C23H28N6O3S. The first-order valence-electron chi connectivity index (χ1n) is 11.0. The van der Waals surface area contributed by atoms with Crippen LogP contribution >= 0.6 is 11.8 Å². The van der Waals surface area contributed by atoms with Gasteiger partial charge >= 0.3 is 0 Å². The maximum Gasteiger partial charge on any atom is 0.235 e. The van der Waals surface area contributed by atoms with E-state index >= 15 is 0 Å². The van der Waals surface area contributed by atoms with E-state index in [9.17, 15) is 10.1 Å². The van der Waals surface area contributed by atoms with Crippen molar-refractivity contribution in [2.24, 2.45) is 0 Å². The van der Waals surface area contributed by atoms with Crippen LogP contribution in [0.15, 0.2) is 28.0 Å². The molecule has 3 aromatic rings. The highest BCUT2D eigenvalue weighted by Crippen LogP contribution is 2.40. The third kappa shape index (κ3) is 5.15. The highest BCUT2D eigenvalue weighted by atomic mass is 32.2. The van der Waals surface area contributed by atoms with E-state index in [1.807, 2.05) is 35.1 Å². The fourth-order valence-electron chi connectivity index (χ4n) is 3.83. The predicted octanol–water partition coefficient (Wildman–Crippen LogP) is 3.85. The van der Waals surface area contributed by atoms with Crippen molar-refractivity contribution in [1.29, 1.82) is 5.26 Å². The van der Waals surface area contributed by atoms with Gasteiger partial charge in [-0.25, -0.2) is 0 Å². The summed E-state index contributed by atoms with van der Waals surface area (Å²) in [6, 6.07) is 6.02. The normalized spacial score (nSPS) is 13.3. The molecule has 174 valence electrons. The monoisotopic (exact) mass is 468 g/mol. The first-order chi connectivity index (χ1) is 16.0. The first-order valence-corrected chi connectivity index (χ1v) is 12.0. The number of nitrogens with zero attached hydrogens (tertiary/aromatic N) is 5. The van der Waals surface area contributed by atoms with Gasteiger partial charge in [0.15, 0.2) is 5.16 Å². The number of carbonyl (C=O) groups excluding carboxylic acids is 1. The summed E-state index contributed by atoms with van der Waals surface area (Å²) in [5, 5.41) is 22.0. The molecule has 0 unspecified atom stereocenters. The maximum absolute atomic E-state index is 12.9. The Hall–Kier alpha value is -3.03. The van der Waals surface area contributed by atoms with E-state index in [2.05, 4.69) is 21.6 Å². The molecule has 3 heterocycles. The number of rotatable bonds is 11. The molecular weight excluding hydrogens is 440 g/mol. The van der Waals surface area contributed by atoms with E-state index in [-0.39, 0.29) is 11.7 Å². The molecule has 0 atom stereocenters. The molecule has 33 heavy (non-hydrogen) atoms. The summed E-state index contributed by atoms with van der Waals surface area (Å²) in [5.74, 6) is 2.70. The third-order valence-corrected chi connectivity index (χ3v) is 6.81. The number of ether oxygens (including phenoxy) is 1. The van der Waals surface area contributed by atoms with Gasteiger partial charge in [0.1, 0.15) is 23.5 Å². The van der Waals surface area contributed by atoms with Crippen molar-refractivity contribution in [2.75, 3.05) is 24.8 Å². The van der Waals surface area contributed by atoms with Gasteiger partial charge in [0, 0.05) is 31.9 Å². The van der Waals surface area contributed by atoms with Crippen LogP contribution in [0.5, 0.6) is 0 Å². The Balaban J connectivity index is 1.47. The van der Waals surface area contributed by atoms with Gasteiger partial charge in [0.05, 0.1) is 24.1 Å². The van der Waals surface area contributed by atoms with Crippen LogP contribution in [0.25, 0.3) is 0 Å². The molecule has 0 radical (unpaired) electrons. The number of hydrogen-bond donors (Lipinski definition) is 1. The van der Waals surface area contributed by atoms with Gasteiger partial charge in [0.25, 0.3) is 0 Å². The molecule has 0 spiro atoms. The highest BCUT2D eigenvalue weighted by Gasteiger charge is 2.31. The Morgan fingerprint density at radius 3 is 2.85 bits per heavy atom. The van der Waals surface area contributed by atoms with E-state index in [0.717, 1.165) is 42.1 Å². The van der Waals surface area contributed by atoms with Gasteiger partial charge in [-0.2, -0.15) is 5.26 Å². The Labute approximate surface area is 197 Å². The lowest BCUT2D eigenvalue weighted by Crippen LogP contribution is -2.19. The molecule has 1 aliphatic carbocycles. The van der Waals surface area contributed by atoms with E-state index in [4.69, 9.17) is 9.15 Å². The molecule has 0 bridgehead atoms. The van der Waals surface area contributed by atoms with Crippen molar-refractivity contribution in [3.8, 4) is 6.07 Å². The lowest BCUT2D eigenvalue weighted by Gasteiger charge is -2.13. The molecule has 1 fully saturated rings. The number of thioether (sulfide) groups is 1. The smallest absolute Gasteiger partial charge is 0.235 e. The van der Waals surface area contributed by atoms with E-state index in [1.165, 1.54) is 11.8 Å². The summed E-state index contributed by atoms with van der Waals surface area (Å²) in [5.41, 5.74) is 2.35. The van der Waals surface area contributed by atoms with Crippen LogP contribution in [-0.2, 0) is 22.6 Å². The van der Waals surface area contributed by atoms with Gasteiger partial charge < -0.3 is 19.0 Å². The minimum atomic E-state index is -0.192. The minimum absolute atomic E-state index is 0.160. The Kier molecular flexibility index (Phi) is 7.20. The second-order valence-electron chi connectivity index (χ2n) is 8.16. The highest BCUT2D eigenvalue weighted by molar-refractivity contribution is 7.99. The van der Waals surface area contributed by atoms with Crippen molar-refractivity contribution >= 4 is 23.5 Å². The molecule has 1 aliphatic rings. The molecule has 0 saturated heterocycles. The van der Waals surface area contributed by atoms with Gasteiger partial charge in [-0.1, -0.05) is 11.8 Å². The van der Waals surface area contributed by atoms with Crippen molar-refractivity contribution in [2.45, 2.75) is 57.3 Å². The molecule has 4 rings (SSSR count). The summed E-state index contributed by atoms with van der Waals surface area (Å²) in [6.45, 7) is 5.67. The topological polar surface area (TPSA) is 111 Å². The van der Waals surface area contributed by atoms with Crippen molar-refractivity contribution < 1.29 is 13.9 Å². The quantitative estimate of drug-likeness (QED) is 0.336. The van der Waals surface area contributed by atoms with Gasteiger partial charge in [-0.05, 0) is 50.8 Å². The second kappa shape index (κ2) is 10.3. The number of nitrogens with one attached hydrogen (secondary N) is 1. The van der Waals surface area contributed by atoms with Crippen LogP contribution in [0.4, 0.5) is 5.82 Å². The van der Waals surface area contributed by atoms with Crippen LogP contribution < -0.4 is 5.32 Å². The number of hydrogen-bond acceptors (Lipinski definition) is 7. The lowest BCUT2D eigenvalue weighted by atomic mass is 10.2. The largest absolute Gasteiger partial charge is 0.467 e. The van der Waals surface area contributed by atoms with Crippen LogP contribution in [-0.4, -0.2) is 44.7 Å². The average Bonchev–Trinajstić information content (AvgIpc) is 3.29. The SMILES string of the molecule is COCCCn1c(C)c(C)c(C#N)c1NC(=O)CSc1nnc(C2CC2)n1Cc1ccco1. The number of nitriles is 1. The van der Waals surface area contributed by atoms with Crippen molar-refractivity contribution in [1.82, 2.24) is 19.3 Å². The predicted molar refractivity (Wildman–Crippen MR) is 124 cm³/mol. The lowest BCUT2D eigenvalue weighted by molar-refractivity contribution is -0.113. The van der Waals surface area contributed by atoms with Crippen LogP contribution in [0.2, 0.25) is 0 Å². The van der Waals surface area contributed by atoms with Crippen LogP contribution in [0.3, 0.4) is 0 Å². The van der Waals surface area contributed by atoms with Crippen molar-refractivity contribution in [3.05, 3.63) is 46.8 Å². The number of aromatic nitrogens is 4. The van der Waals surface area contributed by atoms with Gasteiger partial charge in [-0.3, -0.25) is 9.36 Å². The van der Waals surface area contributed by atoms with E-state index < -0.39 is 0 Å².